The lowest BCUT2D eigenvalue weighted by molar-refractivity contribution is -0.0797. The van der Waals surface area contributed by atoms with Gasteiger partial charge in [0.1, 0.15) is 0 Å². The highest BCUT2D eigenvalue weighted by Gasteiger charge is 2.36. The monoisotopic (exact) mass is 231 g/mol. The average molecular weight is 231 g/mol. The Labute approximate surface area is 100 Å². The third kappa shape index (κ3) is 4.81. The van der Waals surface area contributed by atoms with Crippen molar-refractivity contribution < 1.29 is 10.2 Å². The molecule has 0 heterocycles. The molecule has 16 heavy (non-hydrogen) atoms. The van der Waals surface area contributed by atoms with Crippen molar-refractivity contribution in [2.45, 2.75) is 65.7 Å². The van der Waals surface area contributed by atoms with E-state index in [-0.39, 0.29) is 11.8 Å². The minimum Gasteiger partial charge on any atom is -0.392 e. The lowest BCUT2D eigenvalue weighted by atomic mass is 9.76. The largest absolute Gasteiger partial charge is 0.392 e. The van der Waals surface area contributed by atoms with Crippen LogP contribution in [0.15, 0.2) is 0 Å². The Hall–Kier alpha value is -0.120. The Morgan fingerprint density at radius 3 is 1.75 bits per heavy atom. The van der Waals surface area contributed by atoms with Crippen LogP contribution < -0.4 is 5.32 Å². The number of aliphatic hydroxyl groups excluding tert-OH is 1. The van der Waals surface area contributed by atoms with E-state index in [2.05, 4.69) is 5.32 Å². The summed E-state index contributed by atoms with van der Waals surface area (Å²) in [5.41, 5.74) is -0.780. The Balaban J connectivity index is 4.30. The summed E-state index contributed by atoms with van der Waals surface area (Å²) in [5.74, 6) is 0.308. The molecule has 0 aliphatic heterocycles. The maximum Gasteiger partial charge on any atom is 0.0718 e. The lowest BCUT2D eigenvalue weighted by Crippen LogP contribution is -2.46. The van der Waals surface area contributed by atoms with Gasteiger partial charge in [-0.1, -0.05) is 41.5 Å². The molecular weight excluding hydrogens is 202 g/mol. The van der Waals surface area contributed by atoms with Crippen LogP contribution in [-0.4, -0.2) is 34.5 Å². The van der Waals surface area contributed by atoms with Gasteiger partial charge in [0.05, 0.1) is 11.7 Å². The van der Waals surface area contributed by atoms with E-state index < -0.39 is 11.7 Å². The fourth-order valence-corrected chi connectivity index (χ4v) is 1.96. The van der Waals surface area contributed by atoms with Crippen LogP contribution in [0.4, 0.5) is 0 Å². The predicted octanol–water partition coefficient (Wildman–Crippen LogP) is 1.78. The fraction of sp³-hybridized carbons (Fsp3) is 1.00. The SMILES string of the molecule is CC(C)NCC(O)CC(O)(C(C)C)C(C)C. The van der Waals surface area contributed by atoms with Crippen molar-refractivity contribution in [2.24, 2.45) is 11.8 Å². The van der Waals surface area contributed by atoms with E-state index in [9.17, 15) is 10.2 Å². The zero-order chi connectivity index (χ0) is 12.9. The first-order valence-electron chi connectivity index (χ1n) is 6.34. The molecule has 0 rings (SSSR count). The number of hydrogen-bond donors (Lipinski definition) is 3. The molecule has 1 unspecified atom stereocenters. The van der Waals surface area contributed by atoms with E-state index >= 15 is 0 Å². The van der Waals surface area contributed by atoms with Gasteiger partial charge in [-0.3, -0.25) is 0 Å². The second-order valence-corrected chi connectivity index (χ2v) is 5.72. The molecule has 0 aromatic heterocycles. The summed E-state index contributed by atoms with van der Waals surface area (Å²) in [4.78, 5) is 0. The summed E-state index contributed by atoms with van der Waals surface area (Å²) >= 11 is 0. The maximum atomic E-state index is 10.5. The van der Waals surface area contributed by atoms with Gasteiger partial charge >= 0.3 is 0 Å². The molecular formula is C13H29NO2. The summed E-state index contributed by atoms with van der Waals surface area (Å²) in [5, 5.41) is 23.6. The first kappa shape index (κ1) is 15.9. The third-order valence-corrected chi connectivity index (χ3v) is 3.32. The topological polar surface area (TPSA) is 52.5 Å². The second-order valence-electron chi connectivity index (χ2n) is 5.72. The zero-order valence-electron chi connectivity index (χ0n) is 11.6. The van der Waals surface area contributed by atoms with Crippen molar-refractivity contribution in [3.05, 3.63) is 0 Å². The molecule has 0 aromatic carbocycles. The highest BCUT2D eigenvalue weighted by molar-refractivity contribution is 4.88. The quantitative estimate of drug-likeness (QED) is 0.626. The number of rotatable bonds is 7. The number of aliphatic hydroxyl groups is 2. The Bertz CT molecular complexity index is 182. The van der Waals surface area contributed by atoms with Crippen molar-refractivity contribution in [3.63, 3.8) is 0 Å². The van der Waals surface area contributed by atoms with E-state index in [1.54, 1.807) is 0 Å². The molecule has 0 spiro atoms. The summed E-state index contributed by atoms with van der Waals surface area (Å²) in [7, 11) is 0. The Morgan fingerprint density at radius 2 is 1.44 bits per heavy atom. The van der Waals surface area contributed by atoms with E-state index in [0.29, 0.717) is 19.0 Å². The normalized spacial score (nSPS) is 15.2. The minimum absolute atomic E-state index is 0.154. The number of nitrogens with one attached hydrogen (secondary N) is 1. The smallest absolute Gasteiger partial charge is 0.0718 e. The van der Waals surface area contributed by atoms with E-state index in [1.807, 2.05) is 41.5 Å². The third-order valence-electron chi connectivity index (χ3n) is 3.32. The average Bonchev–Trinajstić information content (AvgIpc) is 2.13. The molecule has 3 heteroatoms. The van der Waals surface area contributed by atoms with E-state index in [4.69, 9.17) is 0 Å². The van der Waals surface area contributed by atoms with Crippen LogP contribution >= 0.6 is 0 Å². The summed E-state index contributed by atoms with van der Waals surface area (Å²) in [6.07, 6.45) is -0.0561. The van der Waals surface area contributed by atoms with Crippen molar-refractivity contribution in [2.75, 3.05) is 6.54 Å². The van der Waals surface area contributed by atoms with Gasteiger partial charge in [0.2, 0.25) is 0 Å². The second kappa shape index (κ2) is 6.58. The van der Waals surface area contributed by atoms with Crippen molar-refractivity contribution in [1.82, 2.24) is 5.32 Å². The first-order chi connectivity index (χ1) is 7.20. The van der Waals surface area contributed by atoms with Crippen LogP contribution in [0.5, 0.6) is 0 Å². The minimum atomic E-state index is -0.780. The highest BCUT2D eigenvalue weighted by atomic mass is 16.3. The van der Waals surface area contributed by atoms with Crippen LogP contribution in [0.25, 0.3) is 0 Å². The van der Waals surface area contributed by atoms with Crippen molar-refractivity contribution in [1.29, 1.82) is 0 Å². The molecule has 0 saturated heterocycles. The molecule has 0 aliphatic carbocycles. The highest BCUT2D eigenvalue weighted by Crippen LogP contribution is 2.30. The molecule has 0 bridgehead atoms. The van der Waals surface area contributed by atoms with Gasteiger partial charge in [-0.05, 0) is 11.8 Å². The van der Waals surface area contributed by atoms with E-state index in [0.717, 1.165) is 0 Å². The van der Waals surface area contributed by atoms with E-state index in [1.165, 1.54) is 0 Å². The predicted molar refractivity (Wildman–Crippen MR) is 68.4 cm³/mol. The van der Waals surface area contributed by atoms with Gasteiger partial charge in [0.15, 0.2) is 0 Å². The molecule has 0 aliphatic rings. The zero-order valence-corrected chi connectivity index (χ0v) is 11.6. The van der Waals surface area contributed by atoms with Gasteiger partial charge in [-0.2, -0.15) is 0 Å². The van der Waals surface area contributed by atoms with Gasteiger partial charge in [0.25, 0.3) is 0 Å². The molecule has 3 nitrogen and oxygen atoms in total. The summed E-state index contributed by atoms with van der Waals surface area (Å²) in [6.45, 7) is 12.6. The molecule has 1 atom stereocenters. The van der Waals surface area contributed by atoms with Crippen LogP contribution in [0.1, 0.15) is 48.0 Å². The van der Waals surface area contributed by atoms with Crippen molar-refractivity contribution >= 4 is 0 Å². The summed E-state index contributed by atoms with van der Waals surface area (Å²) < 4.78 is 0. The lowest BCUT2D eigenvalue weighted by Gasteiger charge is -2.38. The van der Waals surface area contributed by atoms with Gasteiger partial charge in [-0.15, -0.1) is 0 Å². The molecule has 0 saturated carbocycles. The van der Waals surface area contributed by atoms with Gasteiger partial charge < -0.3 is 15.5 Å². The van der Waals surface area contributed by atoms with Crippen LogP contribution in [0, 0.1) is 11.8 Å². The van der Waals surface area contributed by atoms with Gasteiger partial charge in [0, 0.05) is 19.0 Å². The molecule has 0 aromatic rings. The molecule has 98 valence electrons. The first-order valence-corrected chi connectivity index (χ1v) is 6.34. The van der Waals surface area contributed by atoms with Crippen LogP contribution in [0.2, 0.25) is 0 Å². The standard InChI is InChI=1S/C13H29NO2/c1-9(2)13(16,10(3)4)7-12(15)8-14-11(5)6/h9-12,14-16H,7-8H2,1-6H3. The number of hydrogen-bond acceptors (Lipinski definition) is 3. The van der Waals surface area contributed by atoms with Crippen LogP contribution in [-0.2, 0) is 0 Å². The Morgan fingerprint density at radius 1 is 1.00 bits per heavy atom. The van der Waals surface area contributed by atoms with Crippen LogP contribution in [0.3, 0.4) is 0 Å². The molecule has 0 fully saturated rings. The maximum absolute atomic E-state index is 10.5. The molecule has 3 N–H and O–H groups in total. The molecule has 0 amide bonds. The molecule has 0 radical (unpaired) electrons. The van der Waals surface area contributed by atoms with Crippen molar-refractivity contribution in [3.8, 4) is 0 Å². The van der Waals surface area contributed by atoms with Gasteiger partial charge in [-0.25, -0.2) is 0 Å². The fourth-order valence-electron chi connectivity index (χ4n) is 1.96. The Kier molecular flexibility index (Phi) is 6.53. The summed E-state index contributed by atoms with van der Waals surface area (Å²) in [6, 6.07) is 0.362.